The average molecular weight is 336 g/mol. The van der Waals surface area contributed by atoms with E-state index in [9.17, 15) is 15.0 Å². The smallest absolute Gasteiger partial charge is 0.139 e. The van der Waals surface area contributed by atoms with Gasteiger partial charge in [-0.25, -0.2) is 0 Å². The maximum absolute atomic E-state index is 12.5. The van der Waals surface area contributed by atoms with E-state index in [4.69, 9.17) is 4.74 Å². The van der Waals surface area contributed by atoms with E-state index in [-0.39, 0.29) is 29.0 Å². The Hall–Kier alpha value is -0.450. The van der Waals surface area contributed by atoms with Gasteiger partial charge in [0.15, 0.2) is 0 Å². The number of hydrogen-bond donors (Lipinski definition) is 2. The van der Waals surface area contributed by atoms with E-state index < -0.39 is 6.10 Å². The Morgan fingerprint density at radius 2 is 1.79 bits per heavy atom. The third-order valence-corrected chi connectivity index (χ3v) is 8.61. The number of aliphatic hydroxyl groups excluding tert-OH is 2. The first-order chi connectivity index (χ1) is 11.3. The molecule has 2 N–H and O–H groups in total. The summed E-state index contributed by atoms with van der Waals surface area (Å²) >= 11 is 0. The fourth-order valence-corrected chi connectivity index (χ4v) is 7.51. The molecule has 0 amide bonds. The summed E-state index contributed by atoms with van der Waals surface area (Å²) in [4.78, 5) is 12.5. The summed E-state index contributed by atoms with van der Waals surface area (Å²) in [6.45, 7) is 4.42. The van der Waals surface area contributed by atoms with Crippen LogP contribution in [0.2, 0.25) is 0 Å². The van der Waals surface area contributed by atoms with Gasteiger partial charge in [-0.1, -0.05) is 13.8 Å². The Balaban J connectivity index is 1.70. The van der Waals surface area contributed by atoms with Gasteiger partial charge in [0.1, 0.15) is 5.78 Å². The van der Waals surface area contributed by atoms with Crippen LogP contribution in [0.5, 0.6) is 0 Å². The van der Waals surface area contributed by atoms with Gasteiger partial charge < -0.3 is 14.9 Å². The largest absolute Gasteiger partial charge is 0.393 e. The fourth-order valence-electron chi connectivity index (χ4n) is 7.51. The molecular formula is C20H32O4. The van der Waals surface area contributed by atoms with Gasteiger partial charge in [-0.05, 0) is 67.6 Å². The second-order valence-corrected chi connectivity index (χ2v) is 9.44. The number of methoxy groups -OCH3 is 1. The molecular weight excluding hydrogens is 304 g/mol. The lowest BCUT2D eigenvalue weighted by Crippen LogP contribution is -2.62. The highest BCUT2D eigenvalue weighted by Gasteiger charge is 2.64. The number of hydrogen-bond acceptors (Lipinski definition) is 4. The van der Waals surface area contributed by atoms with Crippen molar-refractivity contribution in [2.24, 2.45) is 34.5 Å². The van der Waals surface area contributed by atoms with Crippen LogP contribution >= 0.6 is 0 Å². The predicted molar refractivity (Wildman–Crippen MR) is 90.3 cm³/mol. The number of ketones is 1. The van der Waals surface area contributed by atoms with E-state index in [1.807, 2.05) is 0 Å². The van der Waals surface area contributed by atoms with Crippen molar-refractivity contribution in [1.82, 2.24) is 0 Å². The second kappa shape index (κ2) is 5.52. The average Bonchev–Trinajstić information content (AvgIpc) is 2.82. The first kappa shape index (κ1) is 17.0. The van der Waals surface area contributed by atoms with Crippen molar-refractivity contribution >= 4 is 5.78 Å². The van der Waals surface area contributed by atoms with E-state index >= 15 is 0 Å². The minimum Gasteiger partial charge on any atom is -0.393 e. The van der Waals surface area contributed by atoms with Gasteiger partial charge in [0.05, 0.1) is 18.3 Å². The number of fused-ring (bicyclic) bond motifs is 5. The van der Waals surface area contributed by atoms with E-state index in [0.717, 1.165) is 32.1 Å². The van der Waals surface area contributed by atoms with Crippen LogP contribution in [-0.2, 0) is 9.53 Å². The Labute approximate surface area is 145 Å². The Kier molecular flexibility index (Phi) is 3.91. The van der Waals surface area contributed by atoms with E-state index in [1.165, 1.54) is 0 Å². The van der Waals surface area contributed by atoms with E-state index in [1.54, 1.807) is 7.11 Å². The molecule has 4 saturated carbocycles. The van der Waals surface area contributed by atoms with Crippen LogP contribution in [0, 0.1) is 34.5 Å². The van der Waals surface area contributed by atoms with Crippen molar-refractivity contribution in [3.8, 4) is 0 Å². The Morgan fingerprint density at radius 1 is 1.04 bits per heavy atom. The molecule has 4 nitrogen and oxygen atoms in total. The van der Waals surface area contributed by atoms with Crippen molar-refractivity contribution < 1.29 is 19.7 Å². The molecule has 0 saturated heterocycles. The second-order valence-electron chi connectivity index (χ2n) is 9.44. The van der Waals surface area contributed by atoms with Crippen molar-refractivity contribution in [1.29, 1.82) is 0 Å². The lowest BCUT2D eigenvalue weighted by Gasteiger charge is -2.62. The van der Waals surface area contributed by atoms with Gasteiger partial charge in [0, 0.05) is 18.9 Å². The van der Waals surface area contributed by atoms with Crippen LogP contribution in [0.15, 0.2) is 0 Å². The molecule has 0 bridgehead atoms. The third-order valence-electron chi connectivity index (χ3n) is 8.61. The third kappa shape index (κ3) is 2.05. The number of ether oxygens (including phenoxy) is 1. The van der Waals surface area contributed by atoms with Crippen LogP contribution in [0.4, 0.5) is 0 Å². The van der Waals surface area contributed by atoms with Gasteiger partial charge >= 0.3 is 0 Å². The van der Waals surface area contributed by atoms with Gasteiger partial charge in [-0.3, -0.25) is 4.79 Å². The van der Waals surface area contributed by atoms with E-state index in [0.29, 0.717) is 36.4 Å². The molecule has 9 atom stereocenters. The zero-order valence-corrected chi connectivity index (χ0v) is 15.2. The lowest BCUT2D eigenvalue weighted by atomic mass is 9.44. The van der Waals surface area contributed by atoms with Crippen LogP contribution in [0.3, 0.4) is 0 Å². The summed E-state index contributed by atoms with van der Waals surface area (Å²) < 4.78 is 5.69. The SMILES string of the molecule is COC1C(O)CCC2(C)C1CCC1C3CCC(=O)C3(C)CC(O)C12. The molecule has 4 aliphatic rings. The van der Waals surface area contributed by atoms with Crippen LogP contribution in [-0.4, -0.2) is 41.4 Å². The van der Waals surface area contributed by atoms with Gasteiger partial charge in [-0.15, -0.1) is 0 Å². The molecule has 9 unspecified atom stereocenters. The molecule has 4 aliphatic carbocycles. The molecule has 4 heteroatoms. The number of rotatable bonds is 1. The maximum atomic E-state index is 12.5. The molecule has 4 fully saturated rings. The summed E-state index contributed by atoms with van der Waals surface area (Å²) in [7, 11) is 1.70. The van der Waals surface area contributed by atoms with Crippen LogP contribution < -0.4 is 0 Å². The van der Waals surface area contributed by atoms with Crippen molar-refractivity contribution in [3.63, 3.8) is 0 Å². The van der Waals surface area contributed by atoms with Crippen molar-refractivity contribution in [2.75, 3.05) is 7.11 Å². The maximum Gasteiger partial charge on any atom is 0.139 e. The first-order valence-electron chi connectivity index (χ1n) is 9.75. The number of carbonyl (C=O) groups is 1. The topological polar surface area (TPSA) is 66.8 Å². The Bertz CT molecular complexity index is 534. The summed E-state index contributed by atoms with van der Waals surface area (Å²) in [6.07, 6.45) is 5.22. The number of aliphatic hydroxyl groups is 2. The van der Waals surface area contributed by atoms with Gasteiger partial charge in [-0.2, -0.15) is 0 Å². The Morgan fingerprint density at radius 3 is 2.50 bits per heavy atom. The molecule has 0 radical (unpaired) electrons. The summed E-state index contributed by atoms with van der Waals surface area (Å²) in [6, 6.07) is 0. The molecule has 0 aromatic carbocycles. The summed E-state index contributed by atoms with van der Waals surface area (Å²) in [5, 5.41) is 21.5. The minimum atomic E-state index is -0.404. The normalized spacial score (nSPS) is 57.2. The molecule has 0 aromatic rings. The number of Topliss-reactive ketones (excluding diaryl/α,β-unsaturated/α-hetero) is 1. The summed E-state index contributed by atoms with van der Waals surface area (Å²) in [5.41, 5.74) is -0.298. The standard InChI is InChI=1S/C20H32O4/c1-19-9-8-14(21)18(24-3)13(19)5-4-11-12-6-7-16(23)20(12,2)10-15(22)17(11)19/h11-15,17-18,21-22H,4-10H2,1-3H3. The van der Waals surface area contributed by atoms with Crippen LogP contribution in [0.1, 0.15) is 58.8 Å². The minimum absolute atomic E-state index is 0.00913. The first-order valence-corrected chi connectivity index (χ1v) is 9.75. The van der Waals surface area contributed by atoms with Crippen LogP contribution in [0.25, 0.3) is 0 Å². The van der Waals surface area contributed by atoms with Crippen molar-refractivity contribution in [3.05, 3.63) is 0 Å². The molecule has 136 valence electrons. The molecule has 4 rings (SSSR count). The zero-order valence-electron chi connectivity index (χ0n) is 15.2. The monoisotopic (exact) mass is 336 g/mol. The fraction of sp³-hybridized carbons (Fsp3) is 0.950. The lowest BCUT2D eigenvalue weighted by molar-refractivity contribution is -0.207. The molecule has 0 spiro atoms. The summed E-state index contributed by atoms with van der Waals surface area (Å²) in [5.74, 6) is 1.79. The van der Waals surface area contributed by atoms with Gasteiger partial charge in [0.25, 0.3) is 0 Å². The highest BCUT2D eigenvalue weighted by molar-refractivity contribution is 5.87. The zero-order chi connectivity index (χ0) is 17.3. The quantitative estimate of drug-likeness (QED) is 0.772. The van der Waals surface area contributed by atoms with Crippen molar-refractivity contribution in [2.45, 2.75) is 77.1 Å². The highest BCUT2D eigenvalue weighted by Crippen LogP contribution is 2.65. The molecule has 0 aliphatic heterocycles. The number of carbonyl (C=O) groups excluding carboxylic acids is 1. The van der Waals surface area contributed by atoms with E-state index in [2.05, 4.69) is 13.8 Å². The van der Waals surface area contributed by atoms with Gasteiger partial charge in [0.2, 0.25) is 0 Å². The molecule has 0 aromatic heterocycles. The highest BCUT2D eigenvalue weighted by atomic mass is 16.5. The molecule has 0 heterocycles. The predicted octanol–water partition coefficient (Wildman–Crippen LogP) is 2.55. The molecule has 24 heavy (non-hydrogen) atoms.